The summed E-state index contributed by atoms with van der Waals surface area (Å²) < 4.78 is 13.8. The predicted octanol–water partition coefficient (Wildman–Crippen LogP) is 3.26. The maximum absolute atomic E-state index is 13.8. The Bertz CT molecular complexity index is 711. The molecule has 3 N–H and O–H groups in total. The summed E-state index contributed by atoms with van der Waals surface area (Å²) in [6.45, 7) is 1.97. The SMILES string of the molecule is Cc1cccc2[nH]c(-c3c(N)cccc3F)nc12. The Hall–Kier alpha value is -2.36. The summed E-state index contributed by atoms with van der Waals surface area (Å²) in [6, 6.07) is 10.4. The van der Waals surface area contributed by atoms with Crippen LogP contribution >= 0.6 is 0 Å². The number of rotatable bonds is 1. The van der Waals surface area contributed by atoms with Crippen molar-refractivity contribution < 1.29 is 4.39 Å². The summed E-state index contributed by atoms with van der Waals surface area (Å²) in [5.74, 6) is 0.0987. The van der Waals surface area contributed by atoms with E-state index in [1.807, 2.05) is 25.1 Å². The molecule has 1 aromatic heterocycles. The number of benzene rings is 2. The molecule has 0 radical (unpaired) electrons. The number of hydrogen-bond donors (Lipinski definition) is 2. The standard InChI is InChI=1S/C14H12FN3/c1-8-4-2-7-11-13(8)18-14(17-11)12-9(15)5-3-6-10(12)16/h2-7H,16H2,1H3,(H,17,18). The van der Waals surface area contributed by atoms with Crippen LogP contribution in [0.4, 0.5) is 10.1 Å². The van der Waals surface area contributed by atoms with Gasteiger partial charge in [-0.3, -0.25) is 0 Å². The average Bonchev–Trinajstić information content (AvgIpc) is 2.74. The van der Waals surface area contributed by atoms with Crippen LogP contribution in [-0.2, 0) is 0 Å². The van der Waals surface area contributed by atoms with Gasteiger partial charge in [0.2, 0.25) is 0 Å². The Balaban J connectivity index is 2.30. The summed E-state index contributed by atoms with van der Waals surface area (Å²) in [5, 5.41) is 0. The van der Waals surface area contributed by atoms with Crippen LogP contribution in [-0.4, -0.2) is 9.97 Å². The van der Waals surface area contributed by atoms with Gasteiger partial charge in [-0.1, -0.05) is 18.2 Å². The first kappa shape index (κ1) is 10.8. The van der Waals surface area contributed by atoms with Crippen LogP contribution in [0.25, 0.3) is 22.4 Å². The van der Waals surface area contributed by atoms with E-state index in [0.717, 1.165) is 16.6 Å². The molecule has 0 atom stereocenters. The Labute approximate surface area is 103 Å². The molecule has 3 rings (SSSR count). The zero-order chi connectivity index (χ0) is 12.7. The molecule has 0 aliphatic heterocycles. The van der Waals surface area contributed by atoms with Gasteiger partial charge in [-0.25, -0.2) is 9.37 Å². The normalized spacial score (nSPS) is 11.0. The third-order valence-corrected chi connectivity index (χ3v) is 3.00. The van der Waals surface area contributed by atoms with Crippen molar-refractivity contribution >= 4 is 16.7 Å². The van der Waals surface area contributed by atoms with Gasteiger partial charge in [0.05, 0.1) is 16.6 Å². The fraction of sp³-hybridized carbons (Fsp3) is 0.0714. The van der Waals surface area contributed by atoms with Gasteiger partial charge in [-0.15, -0.1) is 0 Å². The number of fused-ring (bicyclic) bond motifs is 1. The van der Waals surface area contributed by atoms with Crippen molar-refractivity contribution in [1.82, 2.24) is 9.97 Å². The molecule has 4 heteroatoms. The highest BCUT2D eigenvalue weighted by Gasteiger charge is 2.13. The van der Waals surface area contributed by atoms with Crippen molar-refractivity contribution in [1.29, 1.82) is 0 Å². The highest BCUT2D eigenvalue weighted by atomic mass is 19.1. The van der Waals surface area contributed by atoms with Crippen molar-refractivity contribution in [3.8, 4) is 11.4 Å². The molecule has 3 nitrogen and oxygen atoms in total. The number of hydrogen-bond acceptors (Lipinski definition) is 2. The van der Waals surface area contributed by atoms with E-state index in [1.165, 1.54) is 6.07 Å². The predicted molar refractivity (Wildman–Crippen MR) is 70.6 cm³/mol. The first-order chi connectivity index (χ1) is 8.66. The lowest BCUT2D eigenvalue weighted by Gasteiger charge is -2.02. The summed E-state index contributed by atoms with van der Waals surface area (Å²) >= 11 is 0. The summed E-state index contributed by atoms with van der Waals surface area (Å²) in [7, 11) is 0. The minimum Gasteiger partial charge on any atom is -0.398 e. The van der Waals surface area contributed by atoms with E-state index in [0.29, 0.717) is 17.1 Å². The third-order valence-electron chi connectivity index (χ3n) is 3.00. The molecule has 0 saturated heterocycles. The van der Waals surface area contributed by atoms with Gasteiger partial charge in [0.15, 0.2) is 0 Å². The van der Waals surface area contributed by atoms with Crippen LogP contribution in [0.15, 0.2) is 36.4 Å². The highest BCUT2D eigenvalue weighted by molar-refractivity contribution is 5.84. The molecule has 0 aliphatic rings. The van der Waals surface area contributed by atoms with Crippen molar-refractivity contribution in [3.63, 3.8) is 0 Å². The van der Waals surface area contributed by atoms with Crippen LogP contribution < -0.4 is 5.73 Å². The summed E-state index contributed by atoms with van der Waals surface area (Å²) in [6.07, 6.45) is 0. The molecule has 0 saturated carbocycles. The van der Waals surface area contributed by atoms with Gasteiger partial charge in [-0.05, 0) is 30.7 Å². The number of nitrogens with zero attached hydrogens (tertiary/aromatic N) is 1. The van der Waals surface area contributed by atoms with Crippen LogP contribution in [0.1, 0.15) is 5.56 Å². The summed E-state index contributed by atoms with van der Waals surface area (Å²) in [4.78, 5) is 7.53. The lowest BCUT2D eigenvalue weighted by Crippen LogP contribution is -1.94. The molecule has 18 heavy (non-hydrogen) atoms. The zero-order valence-electron chi connectivity index (χ0n) is 9.87. The fourth-order valence-electron chi connectivity index (χ4n) is 2.08. The Morgan fingerprint density at radius 3 is 2.67 bits per heavy atom. The van der Waals surface area contributed by atoms with E-state index in [-0.39, 0.29) is 5.82 Å². The number of para-hydroxylation sites is 1. The van der Waals surface area contributed by atoms with Crippen molar-refractivity contribution in [2.75, 3.05) is 5.73 Å². The number of nitrogen functional groups attached to an aromatic ring is 1. The number of nitrogens with two attached hydrogens (primary N) is 1. The Morgan fingerprint density at radius 1 is 1.17 bits per heavy atom. The molecule has 0 fully saturated rings. The monoisotopic (exact) mass is 241 g/mol. The number of aromatic nitrogens is 2. The van der Waals surface area contributed by atoms with Gasteiger partial charge >= 0.3 is 0 Å². The van der Waals surface area contributed by atoms with Crippen LogP contribution in [0.2, 0.25) is 0 Å². The number of anilines is 1. The molecule has 0 amide bonds. The van der Waals surface area contributed by atoms with Crippen LogP contribution in [0.3, 0.4) is 0 Å². The minimum absolute atomic E-state index is 0.327. The number of H-pyrrole nitrogens is 1. The van der Waals surface area contributed by atoms with Gasteiger partial charge in [0.25, 0.3) is 0 Å². The molecule has 0 unspecified atom stereocenters. The van der Waals surface area contributed by atoms with E-state index < -0.39 is 0 Å². The highest BCUT2D eigenvalue weighted by Crippen LogP contribution is 2.28. The van der Waals surface area contributed by atoms with Crippen LogP contribution in [0, 0.1) is 12.7 Å². The lowest BCUT2D eigenvalue weighted by atomic mass is 10.1. The third kappa shape index (κ3) is 1.54. The second-order valence-corrected chi connectivity index (χ2v) is 4.26. The molecular weight excluding hydrogens is 229 g/mol. The second-order valence-electron chi connectivity index (χ2n) is 4.26. The Kier molecular flexibility index (Phi) is 2.30. The zero-order valence-corrected chi connectivity index (χ0v) is 9.87. The van der Waals surface area contributed by atoms with Gasteiger partial charge in [-0.2, -0.15) is 0 Å². The van der Waals surface area contributed by atoms with E-state index in [9.17, 15) is 4.39 Å². The lowest BCUT2D eigenvalue weighted by molar-refractivity contribution is 0.631. The Morgan fingerprint density at radius 2 is 1.94 bits per heavy atom. The molecule has 3 aromatic rings. The molecular formula is C14H12FN3. The van der Waals surface area contributed by atoms with Gasteiger partial charge < -0.3 is 10.7 Å². The number of imidazole rings is 1. The van der Waals surface area contributed by atoms with E-state index in [4.69, 9.17) is 5.73 Å². The van der Waals surface area contributed by atoms with E-state index in [2.05, 4.69) is 9.97 Å². The minimum atomic E-state index is -0.369. The number of nitrogens with one attached hydrogen (secondary N) is 1. The second kappa shape index (κ2) is 3.84. The molecule has 1 heterocycles. The summed E-state index contributed by atoms with van der Waals surface area (Å²) in [5.41, 5.74) is 9.29. The molecule has 0 spiro atoms. The topological polar surface area (TPSA) is 54.7 Å². The maximum atomic E-state index is 13.8. The van der Waals surface area contributed by atoms with E-state index >= 15 is 0 Å². The maximum Gasteiger partial charge on any atom is 0.143 e. The fourth-order valence-corrected chi connectivity index (χ4v) is 2.08. The molecule has 0 bridgehead atoms. The molecule has 90 valence electrons. The smallest absolute Gasteiger partial charge is 0.143 e. The quantitative estimate of drug-likeness (QED) is 0.642. The number of aromatic amines is 1. The molecule has 2 aromatic carbocycles. The largest absolute Gasteiger partial charge is 0.398 e. The van der Waals surface area contributed by atoms with Crippen molar-refractivity contribution in [3.05, 3.63) is 47.8 Å². The number of halogens is 1. The van der Waals surface area contributed by atoms with E-state index in [1.54, 1.807) is 12.1 Å². The van der Waals surface area contributed by atoms with Crippen LogP contribution in [0.5, 0.6) is 0 Å². The first-order valence-corrected chi connectivity index (χ1v) is 5.66. The van der Waals surface area contributed by atoms with Gasteiger partial charge in [0.1, 0.15) is 11.6 Å². The molecule has 0 aliphatic carbocycles. The van der Waals surface area contributed by atoms with Gasteiger partial charge in [0, 0.05) is 5.69 Å². The average molecular weight is 241 g/mol. The van der Waals surface area contributed by atoms with Crippen molar-refractivity contribution in [2.24, 2.45) is 0 Å². The van der Waals surface area contributed by atoms with Crippen molar-refractivity contribution in [2.45, 2.75) is 6.92 Å². The number of aryl methyl sites for hydroxylation is 1. The first-order valence-electron chi connectivity index (χ1n) is 5.66.